The van der Waals surface area contributed by atoms with Gasteiger partial charge in [-0.25, -0.2) is 0 Å². The Balaban J connectivity index is 2.03. The van der Waals surface area contributed by atoms with E-state index in [0.717, 1.165) is 64.5 Å². The molecule has 4 unspecified atom stereocenters. The van der Waals surface area contributed by atoms with E-state index in [1.807, 2.05) is 4.90 Å². The number of aliphatic carboxylic acids is 1. The molecule has 2 fully saturated rings. The number of fused-ring (bicyclic) bond motifs is 2. The molecule has 0 aliphatic carbocycles. The number of nitrogens with zero attached hydrogens (tertiary/aromatic N) is 1. The van der Waals surface area contributed by atoms with E-state index in [-0.39, 0.29) is 18.1 Å². The molecule has 1 N–H and O–H groups in total. The molecule has 0 aromatic rings. The number of amides is 1. The normalized spacial score (nSPS) is 29.0. The lowest BCUT2D eigenvalue weighted by Gasteiger charge is -2.31. The van der Waals surface area contributed by atoms with Crippen LogP contribution in [0.15, 0.2) is 0 Å². The molecule has 2 heterocycles. The highest BCUT2D eigenvalue weighted by atomic mass is 16.5. The topological polar surface area (TPSA) is 66.8 Å². The molecule has 0 aromatic carbocycles. The molecule has 0 radical (unpaired) electrons. The van der Waals surface area contributed by atoms with E-state index >= 15 is 0 Å². The van der Waals surface area contributed by atoms with Crippen molar-refractivity contribution in [2.75, 3.05) is 13.1 Å². The van der Waals surface area contributed by atoms with Gasteiger partial charge in [-0.05, 0) is 25.7 Å². The summed E-state index contributed by atoms with van der Waals surface area (Å²) >= 11 is 0. The van der Waals surface area contributed by atoms with Crippen LogP contribution in [0, 0.1) is 11.8 Å². The van der Waals surface area contributed by atoms with Gasteiger partial charge in [-0.2, -0.15) is 0 Å². The summed E-state index contributed by atoms with van der Waals surface area (Å²) < 4.78 is 5.75. The van der Waals surface area contributed by atoms with Crippen molar-refractivity contribution < 1.29 is 19.4 Å². The molecule has 2 rings (SSSR count). The Kier molecular flexibility index (Phi) is 6.88. The summed E-state index contributed by atoms with van der Waals surface area (Å²) in [6.45, 7) is 5.79. The standard InChI is InChI=1S/C18H31NO4/c1-3-5-7-11-19(12-8-6-4-2)17(20)15-13-9-10-14(23-13)16(15)18(21)22/h13-16H,3-12H2,1-2H3,(H,21,22). The Morgan fingerprint density at radius 3 is 1.96 bits per heavy atom. The van der Waals surface area contributed by atoms with Gasteiger partial charge in [0.05, 0.1) is 24.0 Å². The average Bonchev–Trinajstić information content (AvgIpc) is 3.14. The first-order valence-electron chi connectivity index (χ1n) is 9.27. The smallest absolute Gasteiger partial charge is 0.310 e. The summed E-state index contributed by atoms with van der Waals surface area (Å²) in [5.41, 5.74) is 0. The Morgan fingerprint density at radius 1 is 0.957 bits per heavy atom. The predicted octanol–water partition coefficient (Wildman–Crippen LogP) is 3.07. The maximum absolute atomic E-state index is 13.0. The lowest BCUT2D eigenvalue weighted by atomic mass is 9.78. The van der Waals surface area contributed by atoms with Crippen molar-refractivity contribution in [2.24, 2.45) is 11.8 Å². The molecule has 5 nitrogen and oxygen atoms in total. The van der Waals surface area contributed by atoms with Crippen LogP contribution >= 0.6 is 0 Å². The van der Waals surface area contributed by atoms with Crippen LogP contribution in [0.5, 0.6) is 0 Å². The Hall–Kier alpha value is -1.10. The third-order valence-electron chi connectivity index (χ3n) is 5.22. The second-order valence-corrected chi connectivity index (χ2v) is 6.92. The second-order valence-electron chi connectivity index (χ2n) is 6.92. The van der Waals surface area contributed by atoms with Crippen LogP contribution in [0.2, 0.25) is 0 Å². The number of carboxylic acids is 1. The molecule has 2 aliphatic rings. The largest absolute Gasteiger partial charge is 0.481 e. The van der Waals surface area contributed by atoms with Crippen molar-refractivity contribution in [1.82, 2.24) is 4.90 Å². The van der Waals surface area contributed by atoms with E-state index in [1.165, 1.54) is 0 Å². The van der Waals surface area contributed by atoms with E-state index in [0.29, 0.717) is 0 Å². The lowest BCUT2D eigenvalue weighted by Crippen LogP contribution is -2.46. The zero-order chi connectivity index (χ0) is 16.8. The number of rotatable bonds is 10. The number of carboxylic acid groups (broad SMARTS) is 1. The van der Waals surface area contributed by atoms with Crippen LogP contribution in [-0.2, 0) is 14.3 Å². The van der Waals surface area contributed by atoms with E-state index in [1.54, 1.807) is 0 Å². The molecule has 0 saturated carbocycles. The molecule has 2 bridgehead atoms. The highest BCUT2D eigenvalue weighted by Crippen LogP contribution is 2.44. The van der Waals surface area contributed by atoms with Crippen molar-refractivity contribution >= 4 is 11.9 Å². The number of carbonyl (C=O) groups is 2. The average molecular weight is 325 g/mol. The third-order valence-corrected chi connectivity index (χ3v) is 5.22. The maximum atomic E-state index is 13.0. The molecule has 0 spiro atoms. The van der Waals surface area contributed by atoms with Gasteiger partial charge in [-0.15, -0.1) is 0 Å². The summed E-state index contributed by atoms with van der Waals surface area (Å²) in [5.74, 6) is -2.00. The number of unbranched alkanes of at least 4 members (excludes halogenated alkanes) is 4. The van der Waals surface area contributed by atoms with Crippen LogP contribution in [0.3, 0.4) is 0 Å². The monoisotopic (exact) mass is 325 g/mol. The van der Waals surface area contributed by atoms with Gasteiger partial charge in [-0.3, -0.25) is 9.59 Å². The quantitative estimate of drug-likeness (QED) is 0.627. The van der Waals surface area contributed by atoms with Gasteiger partial charge < -0.3 is 14.7 Å². The molecule has 5 heteroatoms. The van der Waals surface area contributed by atoms with Crippen molar-refractivity contribution in [3.05, 3.63) is 0 Å². The number of ether oxygens (including phenoxy) is 1. The molecular weight excluding hydrogens is 294 g/mol. The van der Waals surface area contributed by atoms with Crippen molar-refractivity contribution in [1.29, 1.82) is 0 Å². The minimum atomic E-state index is -0.877. The zero-order valence-electron chi connectivity index (χ0n) is 14.5. The molecular formula is C18H31NO4. The van der Waals surface area contributed by atoms with Crippen molar-refractivity contribution in [2.45, 2.75) is 77.4 Å². The van der Waals surface area contributed by atoms with Gasteiger partial charge >= 0.3 is 5.97 Å². The second kappa shape index (κ2) is 8.67. The first-order valence-corrected chi connectivity index (χ1v) is 9.27. The summed E-state index contributed by atoms with van der Waals surface area (Å²) in [4.78, 5) is 26.5. The van der Waals surface area contributed by atoms with Gasteiger partial charge in [-0.1, -0.05) is 39.5 Å². The van der Waals surface area contributed by atoms with E-state index in [2.05, 4.69) is 13.8 Å². The minimum absolute atomic E-state index is 0.0109. The van der Waals surface area contributed by atoms with Gasteiger partial charge in [0.25, 0.3) is 0 Å². The number of hydrogen-bond acceptors (Lipinski definition) is 3. The highest BCUT2D eigenvalue weighted by Gasteiger charge is 2.56. The summed E-state index contributed by atoms with van der Waals surface area (Å²) in [7, 11) is 0. The number of carbonyl (C=O) groups excluding carboxylic acids is 1. The lowest BCUT2D eigenvalue weighted by molar-refractivity contribution is -0.151. The first kappa shape index (κ1) is 18.2. The first-order chi connectivity index (χ1) is 11.1. The van der Waals surface area contributed by atoms with Gasteiger partial charge in [0, 0.05) is 13.1 Å². The van der Waals surface area contributed by atoms with Gasteiger partial charge in [0.15, 0.2) is 0 Å². The fraction of sp³-hybridized carbons (Fsp3) is 0.889. The third kappa shape index (κ3) is 4.25. The molecule has 0 aromatic heterocycles. The van der Waals surface area contributed by atoms with E-state index < -0.39 is 17.8 Å². The van der Waals surface area contributed by atoms with Crippen LogP contribution in [0.1, 0.15) is 65.2 Å². The molecule has 1 amide bonds. The molecule has 4 atom stereocenters. The molecule has 23 heavy (non-hydrogen) atoms. The summed E-state index contributed by atoms with van der Waals surface area (Å²) in [6, 6.07) is 0. The fourth-order valence-electron chi connectivity index (χ4n) is 3.95. The minimum Gasteiger partial charge on any atom is -0.481 e. The van der Waals surface area contributed by atoms with Crippen LogP contribution in [-0.4, -0.2) is 47.2 Å². The maximum Gasteiger partial charge on any atom is 0.310 e. The fourth-order valence-corrected chi connectivity index (χ4v) is 3.95. The summed E-state index contributed by atoms with van der Waals surface area (Å²) in [5, 5.41) is 9.51. The molecule has 2 saturated heterocycles. The van der Waals surface area contributed by atoms with Crippen LogP contribution in [0.4, 0.5) is 0 Å². The number of hydrogen-bond donors (Lipinski definition) is 1. The van der Waals surface area contributed by atoms with Gasteiger partial charge in [0.1, 0.15) is 0 Å². The zero-order valence-corrected chi connectivity index (χ0v) is 14.5. The highest BCUT2D eigenvalue weighted by molar-refractivity contribution is 5.86. The van der Waals surface area contributed by atoms with E-state index in [4.69, 9.17) is 4.74 Å². The molecule has 132 valence electrons. The Morgan fingerprint density at radius 2 is 1.48 bits per heavy atom. The molecule has 2 aliphatic heterocycles. The van der Waals surface area contributed by atoms with Crippen molar-refractivity contribution in [3.8, 4) is 0 Å². The van der Waals surface area contributed by atoms with Gasteiger partial charge in [0.2, 0.25) is 5.91 Å². The van der Waals surface area contributed by atoms with E-state index in [9.17, 15) is 14.7 Å². The predicted molar refractivity (Wildman–Crippen MR) is 88.1 cm³/mol. The van der Waals surface area contributed by atoms with Crippen molar-refractivity contribution in [3.63, 3.8) is 0 Å². The Labute approximate surface area is 139 Å². The van der Waals surface area contributed by atoms with Crippen LogP contribution < -0.4 is 0 Å². The Bertz CT molecular complexity index is 402. The van der Waals surface area contributed by atoms with Crippen LogP contribution in [0.25, 0.3) is 0 Å². The summed E-state index contributed by atoms with van der Waals surface area (Å²) in [6.07, 6.45) is 7.58. The SMILES string of the molecule is CCCCCN(CCCCC)C(=O)C1C2CCC(O2)C1C(=O)O.